The maximum absolute atomic E-state index is 12.8. The van der Waals surface area contributed by atoms with Crippen LogP contribution in [0.4, 0.5) is 0 Å². The number of nitrogens with one attached hydrogen (secondary N) is 1. The summed E-state index contributed by atoms with van der Waals surface area (Å²) >= 11 is 6.22. The number of fused-ring (bicyclic) bond motifs is 1. The van der Waals surface area contributed by atoms with Gasteiger partial charge >= 0.3 is 0 Å². The van der Waals surface area contributed by atoms with Crippen LogP contribution in [0.25, 0.3) is 0 Å². The zero-order valence-corrected chi connectivity index (χ0v) is 15.9. The molecule has 1 aliphatic carbocycles. The maximum Gasteiger partial charge on any atom is 0.272 e. The van der Waals surface area contributed by atoms with Crippen molar-refractivity contribution >= 4 is 23.4 Å². The Balaban J connectivity index is 1.46. The summed E-state index contributed by atoms with van der Waals surface area (Å²) in [4.78, 5) is 27.1. The van der Waals surface area contributed by atoms with Gasteiger partial charge in [0.25, 0.3) is 11.8 Å². The SMILES string of the molecule is O=C(NC1CCCCC1)c1cc2n(n1)CCN(Cc1ccccc1Cl)C2=O. The van der Waals surface area contributed by atoms with E-state index in [0.717, 1.165) is 31.2 Å². The molecule has 0 bridgehead atoms. The molecule has 1 fully saturated rings. The van der Waals surface area contributed by atoms with Crippen LogP contribution < -0.4 is 5.32 Å². The number of benzene rings is 1. The number of hydrogen-bond donors (Lipinski definition) is 1. The van der Waals surface area contributed by atoms with E-state index in [2.05, 4.69) is 10.4 Å². The van der Waals surface area contributed by atoms with Crippen molar-refractivity contribution in [1.29, 1.82) is 0 Å². The lowest BCUT2D eigenvalue weighted by molar-refractivity contribution is 0.0683. The molecule has 2 amide bonds. The molecule has 1 saturated carbocycles. The molecule has 1 aromatic carbocycles. The lowest BCUT2D eigenvalue weighted by Gasteiger charge is -2.27. The molecular weight excluding hydrogens is 364 g/mol. The monoisotopic (exact) mass is 386 g/mol. The van der Waals surface area contributed by atoms with Gasteiger partial charge in [-0.3, -0.25) is 14.3 Å². The zero-order chi connectivity index (χ0) is 18.8. The largest absolute Gasteiger partial charge is 0.348 e. The van der Waals surface area contributed by atoms with Crippen molar-refractivity contribution in [2.24, 2.45) is 0 Å². The number of aromatic nitrogens is 2. The van der Waals surface area contributed by atoms with Crippen LogP contribution in [0.2, 0.25) is 5.02 Å². The van der Waals surface area contributed by atoms with E-state index >= 15 is 0 Å². The average Bonchev–Trinajstić information content (AvgIpc) is 3.12. The number of nitrogens with zero attached hydrogens (tertiary/aromatic N) is 3. The summed E-state index contributed by atoms with van der Waals surface area (Å²) in [5.74, 6) is -0.306. The molecule has 0 saturated heterocycles. The molecule has 6 nitrogen and oxygen atoms in total. The predicted molar refractivity (Wildman–Crippen MR) is 103 cm³/mol. The summed E-state index contributed by atoms with van der Waals surface area (Å²) in [6, 6.07) is 9.36. The first-order valence-corrected chi connectivity index (χ1v) is 9.91. The van der Waals surface area contributed by atoms with Gasteiger partial charge in [0.1, 0.15) is 5.69 Å². The number of carbonyl (C=O) groups excluding carboxylic acids is 2. The number of carbonyl (C=O) groups is 2. The van der Waals surface area contributed by atoms with Crippen LogP contribution in [0.3, 0.4) is 0 Å². The van der Waals surface area contributed by atoms with Crippen molar-refractivity contribution in [2.75, 3.05) is 6.54 Å². The summed E-state index contributed by atoms with van der Waals surface area (Å²) in [6.07, 6.45) is 5.58. The molecule has 142 valence electrons. The molecule has 0 atom stereocenters. The Morgan fingerprint density at radius 1 is 1.19 bits per heavy atom. The second-order valence-electron chi connectivity index (χ2n) is 7.26. The third kappa shape index (κ3) is 3.86. The molecule has 0 spiro atoms. The van der Waals surface area contributed by atoms with Crippen molar-refractivity contribution in [1.82, 2.24) is 20.0 Å². The van der Waals surface area contributed by atoms with Crippen LogP contribution in [0.15, 0.2) is 30.3 Å². The second kappa shape index (κ2) is 7.72. The fraction of sp³-hybridized carbons (Fsp3) is 0.450. The zero-order valence-electron chi connectivity index (χ0n) is 15.2. The van der Waals surface area contributed by atoms with Gasteiger partial charge in [0.05, 0.1) is 6.54 Å². The summed E-state index contributed by atoms with van der Waals surface area (Å²) < 4.78 is 1.64. The third-order valence-electron chi connectivity index (χ3n) is 5.36. The quantitative estimate of drug-likeness (QED) is 0.877. The molecule has 0 radical (unpaired) electrons. The maximum atomic E-state index is 12.8. The topological polar surface area (TPSA) is 67.2 Å². The van der Waals surface area contributed by atoms with Crippen molar-refractivity contribution in [3.05, 3.63) is 52.3 Å². The van der Waals surface area contributed by atoms with Gasteiger partial charge in [-0.05, 0) is 24.5 Å². The van der Waals surface area contributed by atoms with Crippen molar-refractivity contribution in [3.8, 4) is 0 Å². The number of hydrogen-bond acceptors (Lipinski definition) is 3. The Bertz CT molecular complexity index is 857. The van der Waals surface area contributed by atoms with Crippen LogP contribution in [0.5, 0.6) is 0 Å². The van der Waals surface area contributed by atoms with Crippen LogP contribution in [0.1, 0.15) is 58.6 Å². The fourth-order valence-corrected chi connectivity index (χ4v) is 4.03. The highest BCUT2D eigenvalue weighted by atomic mass is 35.5. The standard InChI is InChI=1S/C20H23ClN4O2/c21-16-9-5-4-6-14(16)13-24-10-11-25-18(20(24)27)12-17(23-25)19(26)22-15-7-2-1-3-8-15/h4-6,9,12,15H,1-3,7-8,10-11,13H2,(H,22,26). The highest BCUT2D eigenvalue weighted by Crippen LogP contribution is 2.22. The van der Waals surface area contributed by atoms with Gasteiger partial charge in [0.15, 0.2) is 5.69 Å². The molecule has 4 rings (SSSR count). The van der Waals surface area contributed by atoms with Crippen LogP contribution >= 0.6 is 11.6 Å². The molecule has 1 aromatic heterocycles. The van der Waals surface area contributed by atoms with E-state index < -0.39 is 0 Å². The van der Waals surface area contributed by atoms with E-state index in [1.54, 1.807) is 15.6 Å². The predicted octanol–water partition coefficient (Wildman–Crippen LogP) is 3.26. The average molecular weight is 387 g/mol. The first-order chi connectivity index (χ1) is 13.1. The van der Waals surface area contributed by atoms with Gasteiger partial charge in [-0.1, -0.05) is 49.1 Å². The molecule has 1 aliphatic heterocycles. The smallest absolute Gasteiger partial charge is 0.272 e. The molecule has 1 N–H and O–H groups in total. The minimum absolute atomic E-state index is 0.120. The van der Waals surface area contributed by atoms with E-state index in [0.29, 0.717) is 36.0 Å². The molecular formula is C20H23ClN4O2. The Hall–Kier alpha value is -2.34. The normalized spacial score (nSPS) is 17.7. The minimum atomic E-state index is -0.186. The highest BCUT2D eigenvalue weighted by Gasteiger charge is 2.29. The summed E-state index contributed by atoms with van der Waals surface area (Å²) in [6.45, 7) is 1.57. The van der Waals surface area contributed by atoms with E-state index in [-0.39, 0.29) is 17.9 Å². The van der Waals surface area contributed by atoms with E-state index in [1.165, 1.54) is 6.42 Å². The Morgan fingerprint density at radius 2 is 1.96 bits per heavy atom. The molecule has 2 aromatic rings. The van der Waals surface area contributed by atoms with Crippen molar-refractivity contribution in [3.63, 3.8) is 0 Å². The molecule has 2 heterocycles. The van der Waals surface area contributed by atoms with E-state index in [1.807, 2.05) is 24.3 Å². The lowest BCUT2D eigenvalue weighted by Crippen LogP contribution is -2.39. The molecule has 7 heteroatoms. The Morgan fingerprint density at radius 3 is 2.74 bits per heavy atom. The number of amides is 2. The van der Waals surface area contributed by atoms with Gasteiger partial charge in [-0.25, -0.2) is 0 Å². The van der Waals surface area contributed by atoms with Crippen LogP contribution in [-0.2, 0) is 13.1 Å². The van der Waals surface area contributed by atoms with Crippen molar-refractivity contribution in [2.45, 2.75) is 51.2 Å². The van der Waals surface area contributed by atoms with Gasteiger partial charge < -0.3 is 10.2 Å². The van der Waals surface area contributed by atoms with Gasteiger partial charge in [0, 0.05) is 30.2 Å². The number of rotatable bonds is 4. The van der Waals surface area contributed by atoms with Gasteiger partial charge in [-0.2, -0.15) is 5.10 Å². The van der Waals surface area contributed by atoms with Crippen LogP contribution in [0, 0.1) is 0 Å². The summed E-state index contributed by atoms with van der Waals surface area (Å²) in [7, 11) is 0. The fourth-order valence-electron chi connectivity index (χ4n) is 3.84. The molecule has 0 unspecified atom stereocenters. The molecule has 2 aliphatic rings. The lowest BCUT2D eigenvalue weighted by atomic mass is 9.95. The molecule has 27 heavy (non-hydrogen) atoms. The third-order valence-corrected chi connectivity index (χ3v) is 5.73. The van der Waals surface area contributed by atoms with E-state index in [9.17, 15) is 9.59 Å². The minimum Gasteiger partial charge on any atom is -0.348 e. The first-order valence-electron chi connectivity index (χ1n) is 9.53. The summed E-state index contributed by atoms with van der Waals surface area (Å²) in [5.41, 5.74) is 1.70. The van der Waals surface area contributed by atoms with Crippen LogP contribution in [-0.4, -0.2) is 39.1 Å². The number of halogens is 1. The first kappa shape index (κ1) is 18.0. The van der Waals surface area contributed by atoms with E-state index in [4.69, 9.17) is 11.6 Å². The second-order valence-corrected chi connectivity index (χ2v) is 7.67. The summed E-state index contributed by atoms with van der Waals surface area (Å²) in [5, 5.41) is 8.07. The highest BCUT2D eigenvalue weighted by molar-refractivity contribution is 6.31. The van der Waals surface area contributed by atoms with Gasteiger partial charge in [-0.15, -0.1) is 0 Å². The Labute approximate surface area is 163 Å². The Kier molecular flexibility index (Phi) is 5.16. The van der Waals surface area contributed by atoms with Gasteiger partial charge in [0.2, 0.25) is 0 Å². The van der Waals surface area contributed by atoms with Crippen molar-refractivity contribution < 1.29 is 9.59 Å².